The van der Waals surface area contributed by atoms with Crippen molar-refractivity contribution in [2.75, 3.05) is 6.54 Å². The van der Waals surface area contributed by atoms with Crippen LogP contribution in [0.1, 0.15) is 29.0 Å². The number of hydrogen-bond donors (Lipinski definition) is 1. The molecule has 1 nitrogen and oxygen atoms in total. The molecule has 2 unspecified atom stereocenters. The van der Waals surface area contributed by atoms with Gasteiger partial charge in [0.1, 0.15) is 0 Å². The molecule has 0 amide bonds. The maximum Gasteiger partial charge on any atom is 0.0795 e. The average molecular weight is 207 g/mol. The van der Waals surface area contributed by atoms with Crippen molar-refractivity contribution < 1.29 is 0 Å². The lowest BCUT2D eigenvalue weighted by atomic mass is 10.1. The van der Waals surface area contributed by atoms with Crippen LogP contribution in [0.2, 0.25) is 0 Å². The highest BCUT2D eigenvalue weighted by Gasteiger charge is 2.23. The molecule has 2 rings (SSSR count). The highest BCUT2D eigenvalue weighted by Crippen LogP contribution is 2.36. The zero-order chi connectivity index (χ0) is 10.1. The quantitative estimate of drug-likeness (QED) is 0.759. The van der Waals surface area contributed by atoms with E-state index in [1.165, 1.54) is 16.7 Å². The van der Waals surface area contributed by atoms with Crippen LogP contribution in [-0.2, 0) is 0 Å². The van der Waals surface area contributed by atoms with Gasteiger partial charge in [0.25, 0.3) is 0 Å². The number of benzene rings is 1. The Morgan fingerprint density at radius 2 is 2.14 bits per heavy atom. The minimum Gasteiger partial charge on any atom is -0.301 e. The molecule has 1 aromatic rings. The van der Waals surface area contributed by atoms with E-state index in [1.54, 1.807) is 0 Å². The first-order valence-electron chi connectivity index (χ1n) is 5.13. The second-order valence-electron chi connectivity index (χ2n) is 4.10. The lowest BCUT2D eigenvalue weighted by Gasteiger charge is -2.13. The van der Waals surface area contributed by atoms with E-state index >= 15 is 0 Å². The van der Waals surface area contributed by atoms with Crippen LogP contribution in [0.15, 0.2) is 18.2 Å². The first-order valence-corrected chi connectivity index (χ1v) is 6.07. The third kappa shape index (κ3) is 1.96. The summed E-state index contributed by atoms with van der Waals surface area (Å²) in [6.07, 6.45) is 0. The van der Waals surface area contributed by atoms with Crippen molar-refractivity contribution in [1.82, 2.24) is 5.32 Å². The van der Waals surface area contributed by atoms with Crippen LogP contribution in [0.5, 0.6) is 0 Å². The Hall–Kier alpha value is -0.470. The van der Waals surface area contributed by atoms with Crippen LogP contribution < -0.4 is 5.32 Å². The summed E-state index contributed by atoms with van der Waals surface area (Å²) in [4.78, 5) is 0. The smallest absolute Gasteiger partial charge is 0.0795 e. The lowest BCUT2D eigenvalue weighted by molar-refractivity contribution is 0.715. The van der Waals surface area contributed by atoms with Gasteiger partial charge in [-0.15, -0.1) is 11.8 Å². The molecule has 1 aromatic carbocycles. The minimum atomic E-state index is 0.505. The van der Waals surface area contributed by atoms with Crippen molar-refractivity contribution >= 4 is 11.8 Å². The molecular weight excluding hydrogens is 190 g/mol. The van der Waals surface area contributed by atoms with Crippen LogP contribution in [0.3, 0.4) is 0 Å². The van der Waals surface area contributed by atoms with E-state index in [0.717, 1.165) is 11.8 Å². The molecule has 0 bridgehead atoms. The van der Waals surface area contributed by atoms with E-state index in [2.05, 4.69) is 44.3 Å². The molecule has 2 heteroatoms. The summed E-state index contributed by atoms with van der Waals surface area (Å²) < 4.78 is 0. The Bertz CT molecular complexity index is 335. The minimum absolute atomic E-state index is 0.505. The summed E-state index contributed by atoms with van der Waals surface area (Å²) in [5.41, 5.74) is 4.20. The van der Waals surface area contributed by atoms with Crippen molar-refractivity contribution in [2.45, 2.75) is 31.4 Å². The number of thioether (sulfide) groups is 1. The largest absolute Gasteiger partial charge is 0.301 e. The second kappa shape index (κ2) is 3.95. The van der Waals surface area contributed by atoms with Crippen molar-refractivity contribution in [3.63, 3.8) is 0 Å². The van der Waals surface area contributed by atoms with E-state index < -0.39 is 0 Å². The van der Waals surface area contributed by atoms with Gasteiger partial charge in [-0.2, -0.15) is 0 Å². The van der Waals surface area contributed by atoms with Crippen molar-refractivity contribution in [3.8, 4) is 0 Å². The maximum atomic E-state index is 3.55. The van der Waals surface area contributed by atoms with Gasteiger partial charge in [-0.3, -0.25) is 0 Å². The molecule has 14 heavy (non-hydrogen) atoms. The lowest BCUT2D eigenvalue weighted by Crippen LogP contribution is -2.14. The molecule has 2 atom stereocenters. The number of aryl methyl sites for hydroxylation is 2. The van der Waals surface area contributed by atoms with Gasteiger partial charge >= 0.3 is 0 Å². The van der Waals surface area contributed by atoms with Gasteiger partial charge in [-0.1, -0.05) is 30.7 Å². The van der Waals surface area contributed by atoms with Gasteiger partial charge in [0.15, 0.2) is 0 Å². The number of nitrogens with one attached hydrogen (secondary N) is 1. The van der Waals surface area contributed by atoms with Gasteiger partial charge < -0.3 is 5.32 Å². The summed E-state index contributed by atoms with van der Waals surface area (Å²) >= 11 is 2.03. The third-order valence-electron chi connectivity index (χ3n) is 2.67. The maximum absolute atomic E-state index is 3.55. The second-order valence-corrected chi connectivity index (χ2v) is 5.64. The Labute approximate surface area is 90.3 Å². The van der Waals surface area contributed by atoms with E-state index in [9.17, 15) is 0 Å². The average Bonchev–Trinajstić information content (AvgIpc) is 2.51. The molecular formula is C12H17NS. The third-order valence-corrected chi connectivity index (χ3v) is 3.99. The fourth-order valence-corrected chi connectivity index (χ4v) is 3.17. The first-order chi connectivity index (χ1) is 6.66. The molecule has 1 aliphatic rings. The van der Waals surface area contributed by atoms with Crippen LogP contribution in [0.4, 0.5) is 0 Å². The van der Waals surface area contributed by atoms with Crippen LogP contribution in [0.25, 0.3) is 0 Å². The fourth-order valence-electron chi connectivity index (χ4n) is 1.90. The molecule has 1 fully saturated rings. The van der Waals surface area contributed by atoms with Crippen LogP contribution >= 0.6 is 11.8 Å². The fraction of sp³-hybridized carbons (Fsp3) is 0.500. The number of rotatable bonds is 1. The predicted octanol–water partition coefficient (Wildman–Crippen LogP) is 3.03. The molecule has 0 aromatic heterocycles. The zero-order valence-corrected chi connectivity index (χ0v) is 9.82. The SMILES string of the molecule is Cc1ccc(C2NCC(C)S2)c(C)c1. The highest BCUT2D eigenvalue weighted by molar-refractivity contribution is 8.00. The molecule has 0 radical (unpaired) electrons. The highest BCUT2D eigenvalue weighted by atomic mass is 32.2. The van der Waals surface area contributed by atoms with Crippen LogP contribution in [-0.4, -0.2) is 11.8 Å². The van der Waals surface area contributed by atoms with Gasteiger partial charge in [0.2, 0.25) is 0 Å². The molecule has 1 aliphatic heterocycles. The van der Waals surface area contributed by atoms with Crippen molar-refractivity contribution in [2.24, 2.45) is 0 Å². The standard InChI is InChI=1S/C12H17NS/c1-8-4-5-11(9(2)6-8)12-13-7-10(3)14-12/h4-6,10,12-13H,7H2,1-3H3. The van der Waals surface area contributed by atoms with E-state index in [1.807, 2.05) is 11.8 Å². The Balaban J connectivity index is 2.24. The number of hydrogen-bond acceptors (Lipinski definition) is 2. The van der Waals surface area contributed by atoms with Gasteiger partial charge in [-0.25, -0.2) is 0 Å². The summed E-state index contributed by atoms with van der Waals surface area (Å²) in [6.45, 7) is 7.76. The zero-order valence-electron chi connectivity index (χ0n) is 9.00. The van der Waals surface area contributed by atoms with Crippen LogP contribution in [0, 0.1) is 13.8 Å². The molecule has 0 spiro atoms. The molecule has 1 saturated heterocycles. The van der Waals surface area contributed by atoms with E-state index in [0.29, 0.717) is 5.37 Å². The van der Waals surface area contributed by atoms with Crippen molar-refractivity contribution in [3.05, 3.63) is 34.9 Å². The normalized spacial score (nSPS) is 26.8. The van der Waals surface area contributed by atoms with Gasteiger partial charge in [0.05, 0.1) is 5.37 Å². The van der Waals surface area contributed by atoms with Gasteiger partial charge in [-0.05, 0) is 25.0 Å². The Kier molecular flexibility index (Phi) is 2.84. The van der Waals surface area contributed by atoms with E-state index in [4.69, 9.17) is 0 Å². The molecule has 76 valence electrons. The predicted molar refractivity (Wildman–Crippen MR) is 63.7 cm³/mol. The molecule has 0 aliphatic carbocycles. The van der Waals surface area contributed by atoms with E-state index in [-0.39, 0.29) is 0 Å². The summed E-state index contributed by atoms with van der Waals surface area (Å²) in [5.74, 6) is 0. The van der Waals surface area contributed by atoms with Crippen molar-refractivity contribution in [1.29, 1.82) is 0 Å². The Morgan fingerprint density at radius 1 is 1.36 bits per heavy atom. The monoisotopic (exact) mass is 207 g/mol. The Morgan fingerprint density at radius 3 is 2.71 bits per heavy atom. The molecule has 1 N–H and O–H groups in total. The summed E-state index contributed by atoms with van der Waals surface area (Å²) in [6, 6.07) is 6.72. The van der Waals surface area contributed by atoms with Gasteiger partial charge in [0, 0.05) is 11.8 Å². The molecule has 0 saturated carbocycles. The summed E-state index contributed by atoms with van der Waals surface area (Å²) in [7, 11) is 0. The topological polar surface area (TPSA) is 12.0 Å². The molecule has 1 heterocycles. The summed E-state index contributed by atoms with van der Waals surface area (Å²) in [5, 5.41) is 4.79. The first kappa shape index (κ1) is 10.1.